The molecule has 1 fully saturated rings. The van der Waals surface area contributed by atoms with Crippen molar-refractivity contribution in [1.29, 1.82) is 0 Å². The maximum atomic E-state index is 13.2. The fraction of sp³-hybridized carbons (Fsp3) is 0.190. The van der Waals surface area contributed by atoms with Crippen molar-refractivity contribution in [2.24, 2.45) is 0 Å². The number of hydrogen-bond donors (Lipinski definition) is 0. The molecule has 0 N–H and O–H groups in total. The van der Waals surface area contributed by atoms with E-state index >= 15 is 0 Å². The van der Waals surface area contributed by atoms with Crippen LogP contribution in [-0.2, 0) is 14.3 Å². The highest BCUT2D eigenvalue weighted by atomic mass is 19.1. The molecule has 0 aliphatic carbocycles. The highest BCUT2D eigenvalue weighted by Crippen LogP contribution is 2.26. The van der Waals surface area contributed by atoms with Gasteiger partial charge < -0.3 is 9.47 Å². The largest absolute Gasteiger partial charge is 0.463 e. The summed E-state index contributed by atoms with van der Waals surface area (Å²) >= 11 is 0. The molecule has 3 aromatic rings. The van der Waals surface area contributed by atoms with Gasteiger partial charge in [0.25, 0.3) is 0 Å². The molecule has 0 amide bonds. The number of hydrogen-bond acceptors (Lipinski definition) is 5. The summed E-state index contributed by atoms with van der Waals surface area (Å²) in [5, 5.41) is 4.50. The lowest BCUT2D eigenvalue weighted by molar-refractivity contribution is -0.145. The average Bonchev–Trinajstić information content (AvgIpc) is 3.30. The molecule has 0 spiro atoms. The zero-order chi connectivity index (χ0) is 19.7. The minimum absolute atomic E-state index is 0.216. The number of aryl methyl sites for hydroxylation is 1. The van der Waals surface area contributed by atoms with Gasteiger partial charge in [0, 0.05) is 18.2 Å². The van der Waals surface area contributed by atoms with Crippen LogP contribution in [0.25, 0.3) is 16.9 Å². The smallest absolute Gasteiger partial charge is 0.347 e. The van der Waals surface area contributed by atoms with Crippen LogP contribution in [0.1, 0.15) is 22.3 Å². The Hall–Kier alpha value is -3.48. The van der Waals surface area contributed by atoms with E-state index in [9.17, 15) is 14.0 Å². The van der Waals surface area contributed by atoms with E-state index in [0.29, 0.717) is 17.8 Å². The van der Waals surface area contributed by atoms with Crippen molar-refractivity contribution < 1.29 is 23.5 Å². The number of carbonyl (C=O) groups excluding carboxylic acids is 2. The van der Waals surface area contributed by atoms with Crippen LogP contribution in [0.4, 0.5) is 4.39 Å². The molecule has 4 rings (SSSR count). The SMILES string of the molecule is Cc1ccc(-c2nn(-c3ccc(F)cc3)cc2C(=O)O[C@@H]2CCOC2=O)cc1. The molecular formula is C21H17FN2O4. The molecule has 28 heavy (non-hydrogen) atoms. The maximum Gasteiger partial charge on any atom is 0.347 e. The standard InChI is InChI=1S/C21H17FN2O4/c1-13-2-4-14(5-3-13)19-17(20(25)28-18-10-11-27-21(18)26)12-24(23-19)16-8-6-15(22)7-9-16/h2-9,12,18H,10-11H2,1H3/t18-/m1/s1. The zero-order valence-corrected chi connectivity index (χ0v) is 15.1. The van der Waals surface area contributed by atoms with E-state index in [4.69, 9.17) is 9.47 Å². The van der Waals surface area contributed by atoms with Gasteiger partial charge in [-0.05, 0) is 31.2 Å². The van der Waals surface area contributed by atoms with E-state index in [2.05, 4.69) is 5.10 Å². The van der Waals surface area contributed by atoms with E-state index < -0.39 is 18.0 Å². The van der Waals surface area contributed by atoms with Gasteiger partial charge in [0.1, 0.15) is 17.1 Å². The molecule has 7 heteroatoms. The molecule has 1 aliphatic heterocycles. The number of ether oxygens (including phenoxy) is 2. The van der Waals surface area contributed by atoms with Crippen LogP contribution in [0.3, 0.4) is 0 Å². The first-order valence-electron chi connectivity index (χ1n) is 8.81. The highest BCUT2D eigenvalue weighted by molar-refractivity contribution is 5.97. The van der Waals surface area contributed by atoms with Gasteiger partial charge in [-0.25, -0.2) is 18.7 Å². The van der Waals surface area contributed by atoms with Crippen molar-refractivity contribution in [1.82, 2.24) is 9.78 Å². The lowest BCUT2D eigenvalue weighted by atomic mass is 10.1. The molecule has 2 aromatic carbocycles. The molecule has 0 saturated carbocycles. The fourth-order valence-corrected chi connectivity index (χ4v) is 2.95. The Kier molecular flexibility index (Phi) is 4.65. The van der Waals surface area contributed by atoms with Crippen molar-refractivity contribution in [3.05, 3.63) is 71.7 Å². The Morgan fingerprint density at radius 1 is 1.18 bits per heavy atom. The van der Waals surface area contributed by atoms with Crippen molar-refractivity contribution >= 4 is 11.9 Å². The highest BCUT2D eigenvalue weighted by Gasteiger charge is 2.32. The summed E-state index contributed by atoms with van der Waals surface area (Å²) in [5.41, 5.74) is 3.02. The van der Waals surface area contributed by atoms with Gasteiger partial charge in [0.2, 0.25) is 6.10 Å². The predicted molar refractivity (Wildman–Crippen MR) is 98.5 cm³/mol. The summed E-state index contributed by atoms with van der Waals surface area (Å²) in [6.45, 7) is 2.19. The second-order valence-electron chi connectivity index (χ2n) is 6.53. The Morgan fingerprint density at radius 2 is 1.89 bits per heavy atom. The first-order valence-corrected chi connectivity index (χ1v) is 8.81. The summed E-state index contributed by atoms with van der Waals surface area (Å²) in [4.78, 5) is 24.4. The number of cyclic esters (lactones) is 1. The number of esters is 2. The van der Waals surface area contributed by atoms with Gasteiger partial charge in [-0.2, -0.15) is 5.10 Å². The lowest BCUT2D eigenvalue weighted by Gasteiger charge is -2.08. The first kappa shape index (κ1) is 17.9. The molecule has 1 saturated heterocycles. The van der Waals surface area contributed by atoms with Gasteiger partial charge in [-0.3, -0.25) is 0 Å². The minimum Gasteiger partial charge on any atom is -0.463 e. The molecule has 0 bridgehead atoms. The Morgan fingerprint density at radius 3 is 2.54 bits per heavy atom. The molecule has 6 nitrogen and oxygen atoms in total. The van der Waals surface area contributed by atoms with E-state index in [1.807, 2.05) is 31.2 Å². The third kappa shape index (κ3) is 3.51. The van der Waals surface area contributed by atoms with Crippen LogP contribution in [0.15, 0.2) is 54.7 Å². The van der Waals surface area contributed by atoms with Crippen LogP contribution in [0, 0.1) is 12.7 Å². The Bertz CT molecular complexity index is 1030. The molecule has 1 atom stereocenters. The Labute approximate surface area is 160 Å². The summed E-state index contributed by atoms with van der Waals surface area (Å²) in [7, 11) is 0. The van der Waals surface area contributed by atoms with Gasteiger partial charge >= 0.3 is 11.9 Å². The second-order valence-corrected chi connectivity index (χ2v) is 6.53. The van der Waals surface area contributed by atoms with E-state index in [-0.39, 0.29) is 18.0 Å². The van der Waals surface area contributed by atoms with E-state index in [1.54, 1.807) is 12.1 Å². The van der Waals surface area contributed by atoms with E-state index in [1.165, 1.54) is 23.0 Å². The molecule has 1 aromatic heterocycles. The monoisotopic (exact) mass is 380 g/mol. The van der Waals surface area contributed by atoms with Crippen molar-refractivity contribution in [2.75, 3.05) is 6.61 Å². The normalized spacial score (nSPS) is 16.1. The molecule has 0 radical (unpaired) electrons. The van der Waals surface area contributed by atoms with Crippen LogP contribution < -0.4 is 0 Å². The topological polar surface area (TPSA) is 70.4 Å². The summed E-state index contributed by atoms with van der Waals surface area (Å²) in [5.74, 6) is -1.57. The number of carbonyl (C=O) groups is 2. The number of halogens is 1. The predicted octanol–water partition coefficient (Wildman–Crippen LogP) is 3.46. The van der Waals surface area contributed by atoms with Gasteiger partial charge in [0.05, 0.1) is 12.3 Å². The minimum atomic E-state index is -0.910. The maximum absolute atomic E-state index is 13.2. The van der Waals surface area contributed by atoms with Crippen LogP contribution in [0.5, 0.6) is 0 Å². The first-order chi connectivity index (χ1) is 13.5. The number of benzene rings is 2. The molecule has 2 heterocycles. The average molecular weight is 380 g/mol. The van der Waals surface area contributed by atoms with Crippen LogP contribution >= 0.6 is 0 Å². The summed E-state index contributed by atoms with van der Waals surface area (Å²) < 4.78 is 24.9. The molecule has 142 valence electrons. The quantitative estimate of drug-likeness (QED) is 0.649. The van der Waals surface area contributed by atoms with Crippen LogP contribution in [-0.4, -0.2) is 34.4 Å². The Balaban J connectivity index is 1.73. The number of rotatable bonds is 4. The zero-order valence-electron chi connectivity index (χ0n) is 15.1. The summed E-state index contributed by atoms with van der Waals surface area (Å²) in [6, 6.07) is 13.3. The van der Waals surface area contributed by atoms with Gasteiger partial charge in [-0.1, -0.05) is 29.8 Å². The molecule has 1 aliphatic rings. The third-order valence-corrected chi connectivity index (χ3v) is 4.49. The number of aromatic nitrogens is 2. The van der Waals surface area contributed by atoms with Gasteiger partial charge in [-0.15, -0.1) is 0 Å². The van der Waals surface area contributed by atoms with E-state index in [0.717, 1.165) is 11.1 Å². The van der Waals surface area contributed by atoms with Crippen LogP contribution in [0.2, 0.25) is 0 Å². The van der Waals surface area contributed by atoms with Gasteiger partial charge in [0.15, 0.2) is 0 Å². The molecular weight excluding hydrogens is 363 g/mol. The fourth-order valence-electron chi connectivity index (χ4n) is 2.95. The van der Waals surface area contributed by atoms with Crippen molar-refractivity contribution in [2.45, 2.75) is 19.4 Å². The van der Waals surface area contributed by atoms with Crippen molar-refractivity contribution in [3.63, 3.8) is 0 Å². The number of nitrogens with zero attached hydrogens (tertiary/aromatic N) is 2. The lowest BCUT2D eigenvalue weighted by Crippen LogP contribution is -2.22. The third-order valence-electron chi connectivity index (χ3n) is 4.49. The van der Waals surface area contributed by atoms with Crippen molar-refractivity contribution in [3.8, 4) is 16.9 Å². The molecule has 0 unspecified atom stereocenters. The second kappa shape index (κ2) is 7.26. The summed E-state index contributed by atoms with van der Waals surface area (Å²) in [6.07, 6.45) is 0.939.